The van der Waals surface area contributed by atoms with Gasteiger partial charge in [0.05, 0.1) is 19.1 Å². The van der Waals surface area contributed by atoms with Crippen LogP contribution in [0, 0.1) is 11.8 Å². The normalized spacial score (nSPS) is 28.3. The van der Waals surface area contributed by atoms with E-state index in [9.17, 15) is 4.79 Å². The molecule has 2 aliphatic heterocycles. The van der Waals surface area contributed by atoms with Gasteiger partial charge in [-0.05, 0) is 39.4 Å². The smallest absolute Gasteiger partial charge is 0.229 e. The van der Waals surface area contributed by atoms with Crippen molar-refractivity contribution >= 4 is 5.91 Å². The summed E-state index contributed by atoms with van der Waals surface area (Å²) >= 11 is 0. The Morgan fingerprint density at radius 1 is 1.30 bits per heavy atom. The molecule has 2 aliphatic rings. The van der Waals surface area contributed by atoms with E-state index in [2.05, 4.69) is 36.1 Å². The van der Waals surface area contributed by atoms with Crippen LogP contribution in [-0.2, 0) is 9.53 Å². The number of rotatable bonds is 5. The van der Waals surface area contributed by atoms with E-state index in [-0.39, 0.29) is 17.9 Å². The molecule has 5 nitrogen and oxygen atoms in total. The number of carbonyl (C=O) groups is 1. The highest BCUT2D eigenvalue weighted by Gasteiger charge is 2.37. The van der Waals surface area contributed by atoms with Crippen molar-refractivity contribution in [2.24, 2.45) is 11.8 Å². The van der Waals surface area contributed by atoms with Crippen LogP contribution in [0.5, 0.6) is 0 Å². The predicted molar refractivity (Wildman–Crippen MR) is 79.6 cm³/mol. The Morgan fingerprint density at radius 2 is 2.00 bits per heavy atom. The SMILES string of the molecule is CCNC1COCC1C(=O)N1CCC(CN(C)C)CC1. The van der Waals surface area contributed by atoms with Gasteiger partial charge in [0.15, 0.2) is 0 Å². The molecule has 2 unspecified atom stereocenters. The lowest BCUT2D eigenvalue weighted by Gasteiger charge is -2.35. The lowest BCUT2D eigenvalue weighted by Crippen LogP contribution is -2.48. The zero-order chi connectivity index (χ0) is 14.5. The summed E-state index contributed by atoms with van der Waals surface area (Å²) in [6.07, 6.45) is 2.26. The van der Waals surface area contributed by atoms with Crippen molar-refractivity contribution in [2.45, 2.75) is 25.8 Å². The number of amides is 1. The van der Waals surface area contributed by atoms with Gasteiger partial charge in [-0.2, -0.15) is 0 Å². The lowest BCUT2D eigenvalue weighted by molar-refractivity contribution is -0.137. The van der Waals surface area contributed by atoms with E-state index in [0.717, 1.165) is 44.9 Å². The van der Waals surface area contributed by atoms with Crippen LogP contribution in [0.25, 0.3) is 0 Å². The van der Waals surface area contributed by atoms with Gasteiger partial charge < -0.3 is 19.9 Å². The summed E-state index contributed by atoms with van der Waals surface area (Å²) < 4.78 is 5.49. The number of carbonyl (C=O) groups excluding carboxylic acids is 1. The predicted octanol–water partition coefficient (Wildman–Crippen LogP) is 0.411. The molecule has 0 aromatic rings. The first-order chi connectivity index (χ1) is 9.61. The Morgan fingerprint density at radius 3 is 2.60 bits per heavy atom. The summed E-state index contributed by atoms with van der Waals surface area (Å²) in [7, 11) is 4.24. The van der Waals surface area contributed by atoms with Crippen molar-refractivity contribution in [3.05, 3.63) is 0 Å². The summed E-state index contributed by atoms with van der Waals surface area (Å²) in [6.45, 7) is 7.17. The van der Waals surface area contributed by atoms with Crippen molar-refractivity contribution in [1.29, 1.82) is 0 Å². The zero-order valence-corrected chi connectivity index (χ0v) is 13.1. The fourth-order valence-corrected chi connectivity index (χ4v) is 3.35. The van der Waals surface area contributed by atoms with E-state index >= 15 is 0 Å². The first kappa shape index (κ1) is 15.7. The number of nitrogens with zero attached hydrogens (tertiary/aromatic N) is 2. The Hall–Kier alpha value is -0.650. The molecule has 0 saturated carbocycles. The largest absolute Gasteiger partial charge is 0.379 e. The average molecular weight is 283 g/mol. The van der Waals surface area contributed by atoms with Gasteiger partial charge in [0, 0.05) is 25.7 Å². The molecule has 1 N–H and O–H groups in total. The third-order valence-electron chi connectivity index (χ3n) is 4.41. The first-order valence-electron chi connectivity index (χ1n) is 7.86. The van der Waals surface area contributed by atoms with E-state index in [4.69, 9.17) is 4.74 Å². The molecular formula is C15H29N3O2. The number of piperidine rings is 1. The van der Waals surface area contributed by atoms with Crippen molar-refractivity contribution in [3.8, 4) is 0 Å². The third-order valence-corrected chi connectivity index (χ3v) is 4.41. The summed E-state index contributed by atoms with van der Waals surface area (Å²) in [5, 5.41) is 3.37. The molecule has 20 heavy (non-hydrogen) atoms. The number of hydrogen-bond acceptors (Lipinski definition) is 4. The average Bonchev–Trinajstić information content (AvgIpc) is 2.87. The number of hydrogen-bond donors (Lipinski definition) is 1. The van der Waals surface area contributed by atoms with E-state index in [1.807, 2.05) is 0 Å². The summed E-state index contributed by atoms with van der Waals surface area (Å²) in [4.78, 5) is 16.9. The molecule has 2 rings (SSSR count). The highest BCUT2D eigenvalue weighted by Crippen LogP contribution is 2.22. The van der Waals surface area contributed by atoms with Gasteiger partial charge in [0.1, 0.15) is 0 Å². The molecule has 0 radical (unpaired) electrons. The molecule has 2 heterocycles. The van der Waals surface area contributed by atoms with Crippen molar-refractivity contribution in [1.82, 2.24) is 15.1 Å². The minimum Gasteiger partial charge on any atom is -0.379 e. The van der Waals surface area contributed by atoms with E-state index < -0.39 is 0 Å². The minimum atomic E-state index is 0.0142. The second-order valence-corrected chi connectivity index (χ2v) is 6.34. The Balaban J connectivity index is 1.82. The first-order valence-corrected chi connectivity index (χ1v) is 7.86. The van der Waals surface area contributed by atoms with Crippen LogP contribution in [-0.4, -0.2) is 75.2 Å². The molecule has 0 aromatic carbocycles. The molecule has 2 fully saturated rings. The minimum absolute atomic E-state index is 0.0142. The Labute approximate surface area is 122 Å². The maximum atomic E-state index is 12.6. The van der Waals surface area contributed by atoms with Gasteiger partial charge in [-0.1, -0.05) is 6.92 Å². The van der Waals surface area contributed by atoms with E-state index in [1.54, 1.807) is 0 Å². The van der Waals surface area contributed by atoms with E-state index in [0.29, 0.717) is 13.2 Å². The van der Waals surface area contributed by atoms with Crippen LogP contribution in [0.1, 0.15) is 19.8 Å². The number of ether oxygens (including phenoxy) is 1. The van der Waals surface area contributed by atoms with Gasteiger partial charge >= 0.3 is 0 Å². The van der Waals surface area contributed by atoms with Gasteiger partial charge in [-0.25, -0.2) is 0 Å². The van der Waals surface area contributed by atoms with Crippen LogP contribution in [0.2, 0.25) is 0 Å². The molecule has 116 valence electrons. The molecule has 2 saturated heterocycles. The molecule has 2 atom stereocenters. The van der Waals surface area contributed by atoms with Crippen molar-refractivity contribution < 1.29 is 9.53 Å². The van der Waals surface area contributed by atoms with Crippen molar-refractivity contribution in [3.63, 3.8) is 0 Å². The van der Waals surface area contributed by atoms with Crippen LogP contribution in [0.15, 0.2) is 0 Å². The molecule has 1 amide bonds. The van der Waals surface area contributed by atoms with Crippen molar-refractivity contribution in [2.75, 3.05) is 53.5 Å². The highest BCUT2D eigenvalue weighted by atomic mass is 16.5. The van der Waals surface area contributed by atoms with Crippen LogP contribution >= 0.6 is 0 Å². The van der Waals surface area contributed by atoms with Crippen LogP contribution < -0.4 is 5.32 Å². The molecule has 0 bridgehead atoms. The molecule has 0 spiro atoms. The molecular weight excluding hydrogens is 254 g/mol. The fraction of sp³-hybridized carbons (Fsp3) is 0.933. The number of likely N-dealkylation sites (N-methyl/N-ethyl adjacent to an activating group) is 1. The summed E-state index contributed by atoms with van der Waals surface area (Å²) in [5.41, 5.74) is 0. The lowest BCUT2D eigenvalue weighted by atomic mass is 9.94. The summed E-state index contributed by atoms with van der Waals surface area (Å²) in [6, 6.07) is 0.201. The third kappa shape index (κ3) is 3.93. The van der Waals surface area contributed by atoms with E-state index in [1.165, 1.54) is 0 Å². The topological polar surface area (TPSA) is 44.8 Å². The quantitative estimate of drug-likeness (QED) is 0.794. The van der Waals surface area contributed by atoms with Gasteiger partial charge in [-0.3, -0.25) is 4.79 Å². The monoisotopic (exact) mass is 283 g/mol. The van der Waals surface area contributed by atoms with Gasteiger partial charge in [-0.15, -0.1) is 0 Å². The number of nitrogens with one attached hydrogen (secondary N) is 1. The molecule has 0 aromatic heterocycles. The molecule has 5 heteroatoms. The zero-order valence-electron chi connectivity index (χ0n) is 13.1. The Kier molecular flexibility index (Phi) is 5.81. The maximum Gasteiger partial charge on any atom is 0.229 e. The second-order valence-electron chi connectivity index (χ2n) is 6.34. The van der Waals surface area contributed by atoms with Crippen LogP contribution in [0.4, 0.5) is 0 Å². The van der Waals surface area contributed by atoms with Gasteiger partial charge in [0.2, 0.25) is 5.91 Å². The maximum absolute atomic E-state index is 12.6. The Bertz CT molecular complexity index is 314. The van der Waals surface area contributed by atoms with Crippen LogP contribution in [0.3, 0.4) is 0 Å². The number of likely N-dealkylation sites (tertiary alicyclic amines) is 1. The second kappa shape index (κ2) is 7.38. The molecule has 0 aliphatic carbocycles. The fourth-order valence-electron chi connectivity index (χ4n) is 3.35. The highest BCUT2D eigenvalue weighted by molar-refractivity contribution is 5.80. The van der Waals surface area contributed by atoms with Gasteiger partial charge in [0.25, 0.3) is 0 Å². The summed E-state index contributed by atoms with van der Waals surface area (Å²) in [5.74, 6) is 1.04. The standard InChI is InChI=1S/C15H29N3O2/c1-4-16-14-11-20-10-13(14)15(19)18-7-5-12(6-8-18)9-17(2)3/h12-14,16H,4-11H2,1-3H3.